The molecule has 0 spiro atoms. The van der Waals surface area contributed by atoms with Crippen molar-refractivity contribution in [3.63, 3.8) is 0 Å². The van der Waals surface area contributed by atoms with Crippen molar-refractivity contribution >= 4 is 5.91 Å². The first-order valence-electron chi connectivity index (χ1n) is 10.9. The summed E-state index contributed by atoms with van der Waals surface area (Å²) in [5.41, 5.74) is 2.15. The number of nitrogens with one attached hydrogen (secondary N) is 2. The molecule has 8 nitrogen and oxygen atoms in total. The van der Waals surface area contributed by atoms with Crippen LogP contribution < -0.4 is 10.6 Å². The van der Waals surface area contributed by atoms with Gasteiger partial charge in [-0.1, -0.05) is 31.2 Å². The van der Waals surface area contributed by atoms with Crippen molar-refractivity contribution < 1.29 is 25.2 Å². The molecule has 1 aromatic heterocycles. The molecule has 2 aromatic rings. The number of β-amino-alcohol motifs (C(OH)–C–C–N with tert-alkyl or cyclic N) is 1. The zero-order valence-electron chi connectivity index (χ0n) is 19.0. The predicted molar refractivity (Wildman–Crippen MR) is 122 cm³/mol. The smallest absolute Gasteiger partial charge is 0.227 e. The molecule has 0 radical (unpaired) electrons. The lowest BCUT2D eigenvalue weighted by Crippen LogP contribution is -2.43. The fraction of sp³-hybridized carbons (Fsp3) is 0.500. The molecule has 1 amide bonds. The van der Waals surface area contributed by atoms with Gasteiger partial charge in [0.25, 0.3) is 0 Å². The molecule has 1 aromatic carbocycles. The molecule has 0 fully saturated rings. The van der Waals surface area contributed by atoms with Crippen molar-refractivity contribution in [1.29, 1.82) is 0 Å². The Kier molecular flexibility index (Phi) is 9.59. The van der Waals surface area contributed by atoms with Gasteiger partial charge in [0.2, 0.25) is 5.91 Å². The Labute approximate surface area is 189 Å². The molecule has 2 atom stereocenters. The van der Waals surface area contributed by atoms with Crippen LogP contribution in [-0.2, 0) is 17.8 Å². The van der Waals surface area contributed by atoms with Gasteiger partial charge in [0.15, 0.2) is 0 Å². The topological polar surface area (TPSA) is 135 Å². The highest BCUT2D eigenvalue weighted by molar-refractivity contribution is 5.83. The number of aromatic nitrogens is 1. The Bertz CT molecular complexity index is 888. The van der Waals surface area contributed by atoms with Gasteiger partial charge in [0, 0.05) is 18.6 Å². The Balaban J connectivity index is 2.03. The summed E-state index contributed by atoms with van der Waals surface area (Å²) in [5, 5.41) is 44.4. The minimum absolute atomic E-state index is 0.0884. The molecule has 2 rings (SSSR count). The summed E-state index contributed by atoms with van der Waals surface area (Å²) in [4.78, 5) is 16.5. The van der Waals surface area contributed by atoms with Crippen LogP contribution in [-0.4, -0.2) is 56.6 Å². The van der Waals surface area contributed by atoms with Crippen molar-refractivity contribution in [2.75, 3.05) is 19.7 Å². The molecule has 6 N–H and O–H groups in total. The van der Waals surface area contributed by atoms with Crippen LogP contribution in [0.5, 0.6) is 5.75 Å². The number of aliphatic hydroxyl groups is 3. The molecule has 1 heterocycles. The van der Waals surface area contributed by atoms with E-state index in [1.165, 1.54) is 12.1 Å². The summed E-state index contributed by atoms with van der Waals surface area (Å²) in [5.74, 6) is -0.476. The molecule has 0 aliphatic rings. The summed E-state index contributed by atoms with van der Waals surface area (Å²) < 4.78 is 0. The first-order valence-corrected chi connectivity index (χ1v) is 10.9. The number of aliphatic hydroxyl groups excluding tert-OH is 3. The normalized spacial score (nSPS) is 13.6. The number of carbonyl (C=O) groups is 1. The van der Waals surface area contributed by atoms with Gasteiger partial charge < -0.3 is 31.1 Å². The zero-order valence-corrected chi connectivity index (χ0v) is 19.0. The molecule has 8 heteroatoms. The fourth-order valence-corrected chi connectivity index (χ4v) is 3.66. The van der Waals surface area contributed by atoms with Crippen LogP contribution in [0.2, 0.25) is 0 Å². The van der Waals surface area contributed by atoms with E-state index in [0.717, 1.165) is 11.1 Å². The number of amides is 1. The van der Waals surface area contributed by atoms with E-state index < -0.39 is 12.7 Å². The summed E-state index contributed by atoms with van der Waals surface area (Å²) >= 11 is 0. The highest BCUT2D eigenvalue weighted by Crippen LogP contribution is 2.24. The van der Waals surface area contributed by atoms with Gasteiger partial charge >= 0.3 is 0 Å². The number of hydrogen-bond donors (Lipinski definition) is 6. The SMILES string of the molecule is CCC(C(=O)NCCO)c1cccc(CC(C)(C)NCC(O)c2ccc(O)c(CO)n2)c1. The zero-order chi connectivity index (χ0) is 23.7. The monoisotopic (exact) mass is 445 g/mol. The molecule has 32 heavy (non-hydrogen) atoms. The van der Waals surface area contributed by atoms with Gasteiger partial charge in [-0.3, -0.25) is 4.79 Å². The second-order valence-corrected chi connectivity index (χ2v) is 8.54. The van der Waals surface area contributed by atoms with Crippen molar-refractivity contribution in [3.8, 4) is 5.75 Å². The largest absolute Gasteiger partial charge is 0.506 e. The molecule has 0 saturated heterocycles. The van der Waals surface area contributed by atoms with Gasteiger partial charge in [0.05, 0.1) is 24.8 Å². The number of pyridine rings is 1. The maximum absolute atomic E-state index is 12.4. The maximum Gasteiger partial charge on any atom is 0.227 e. The molecule has 176 valence electrons. The number of aromatic hydroxyl groups is 1. The highest BCUT2D eigenvalue weighted by Gasteiger charge is 2.23. The average molecular weight is 446 g/mol. The summed E-state index contributed by atoms with van der Waals surface area (Å²) in [6.07, 6.45) is 0.433. The molecule has 0 aliphatic carbocycles. The summed E-state index contributed by atoms with van der Waals surface area (Å²) in [6.45, 7) is 6.01. The van der Waals surface area contributed by atoms with E-state index in [2.05, 4.69) is 15.6 Å². The number of rotatable bonds is 12. The molecule has 0 aliphatic heterocycles. The number of carbonyl (C=O) groups excluding carboxylic acids is 1. The molecular formula is C24H35N3O5. The Hall–Kier alpha value is -2.52. The van der Waals surface area contributed by atoms with Crippen LogP contribution in [0.3, 0.4) is 0 Å². The molecular weight excluding hydrogens is 410 g/mol. The van der Waals surface area contributed by atoms with Gasteiger partial charge in [-0.2, -0.15) is 0 Å². The van der Waals surface area contributed by atoms with Gasteiger partial charge in [-0.05, 0) is 49.9 Å². The van der Waals surface area contributed by atoms with Crippen LogP contribution in [0.25, 0.3) is 0 Å². The molecule has 2 unspecified atom stereocenters. The van der Waals surface area contributed by atoms with E-state index in [0.29, 0.717) is 18.5 Å². The van der Waals surface area contributed by atoms with Crippen LogP contribution in [0.1, 0.15) is 61.7 Å². The van der Waals surface area contributed by atoms with E-state index in [1.54, 1.807) is 0 Å². The molecule has 0 saturated carbocycles. The maximum atomic E-state index is 12.4. The van der Waals surface area contributed by atoms with Gasteiger partial charge in [-0.25, -0.2) is 4.98 Å². The fourth-order valence-electron chi connectivity index (χ4n) is 3.66. The third-order valence-corrected chi connectivity index (χ3v) is 5.37. The summed E-state index contributed by atoms with van der Waals surface area (Å²) in [6, 6.07) is 10.9. The minimum atomic E-state index is -0.897. The van der Waals surface area contributed by atoms with Crippen molar-refractivity contribution in [2.24, 2.45) is 0 Å². The standard InChI is InChI=1S/C24H35N3O5/c1-4-18(23(32)25-10-11-28)17-7-5-6-16(12-17)13-24(2,3)26-14-22(31)19-8-9-21(30)20(15-29)27-19/h5-9,12,18,22,26,28-31H,4,10-11,13-15H2,1-3H3,(H,25,32). The van der Waals surface area contributed by atoms with E-state index >= 15 is 0 Å². The van der Waals surface area contributed by atoms with Crippen molar-refractivity contribution in [1.82, 2.24) is 15.6 Å². The first-order chi connectivity index (χ1) is 15.2. The quantitative estimate of drug-likeness (QED) is 0.292. The summed E-state index contributed by atoms with van der Waals surface area (Å²) in [7, 11) is 0. The highest BCUT2D eigenvalue weighted by atomic mass is 16.3. The predicted octanol–water partition coefficient (Wildman–Crippen LogP) is 1.53. The lowest BCUT2D eigenvalue weighted by Gasteiger charge is -2.28. The number of nitrogens with zero attached hydrogens (tertiary/aromatic N) is 1. The van der Waals surface area contributed by atoms with Crippen molar-refractivity contribution in [2.45, 2.75) is 57.8 Å². The van der Waals surface area contributed by atoms with Crippen molar-refractivity contribution in [3.05, 3.63) is 58.9 Å². The lowest BCUT2D eigenvalue weighted by atomic mass is 9.89. The van der Waals surface area contributed by atoms with Gasteiger partial charge in [0.1, 0.15) is 17.5 Å². The van der Waals surface area contributed by atoms with E-state index in [9.17, 15) is 20.1 Å². The second-order valence-electron chi connectivity index (χ2n) is 8.54. The van der Waals surface area contributed by atoms with Crippen LogP contribution in [0, 0.1) is 0 Å². The lowest BCUT2D eigenvalue weighted by molar-refractivity contribution is -0.122. The number of hydrogen-bond acceptors (Lipinski definition) is 7. The Morgan fingerprint density at radius 3 is 2.59 bits per heavy atom. The third kappa shape index (κ3) is 7.27. The van der Waals surface area contributed by atoms with E-state index in [-0.39, 0.29) is 48.5 Å². The van der Waals surface area contributed by atoms with E-state index in [4.69, 9.17) is 5.11 Å². The van der Waals surface area contributed by atoms with Crippen LogP contribution in [0.4, 0.5) is 0 Å². The second kappa shape index (κ2) is 11.9. The first kappa shape index (κ1) is 25.7. The Morgan fingerprint density at radius 2 is 1.94 bits per heavy atom. The van der Waals surface area contributed by atoms with Gasteiger partial charge in [-0.15, -0.1) is 0 Å². The van der Waals surface area contributed by atoms with E-state index in [1.807, 2.05) is 45.0 Å². The molecule has 0 bridgehead atoms. The number of benzene rings is 1. The van der Waals surface area contributed by atoms with Crippen LogP contribution in [0.15, 0.2) is 36.4 Å². The Morgan fingerprint density at radius 1 is 1.19 bits per heavy atom. The van der Waals surface area contributed by atoms with Crippen LogP contribution >= 0.6 is 0 Å². The minimum Gasteiger partial charge on any atom is -0.506 e. The third-order valence-electron chi connectivity index (χ3n) is 5.37. The average Bonchev–Trinajstić information content (AvgIpc) is 2.77.